The number of benzene rings is 2. The van der Waals surface area contributed by atoms with Crippen molar-refractivity contribution < 1.29 is 14.3 Å². The highest BCUT2D eigenvalue weighted by Gasteiger charge is 2.15. The molecule has 0 bridgehead atoms. The second kappa shape index (κ2) is 10.2. The number of halogens is 1. The summed E-state index contributed by atoms with van der Waals surface area (Å²) in [6.45, 7) is 3.57. The van der Waals surface area contributed by atoms with Crippen LogP contribution < -0.4 is 5.32 Å². The van der Waals surface area contributed by atoms with Gasteiger partial charge in [-0.3, -0.25) is 4.79 Å². The Labute approximate surface area is 161 Å². The molecule has 2 aromatic rings. The fourth-order valence-electron chi connectivity index (χ4n) is 2.02. The van der Waals surface area contributed by atoms with Crippen LogP contribution >= 0.6 is 15.9 Å². The lowest BCUT2D eigenvalue weighted by Gasteiger charge is -2.09. The molecule has 1 amide bonds. The molecule has 0 radical (unpaired) electrons. The first-order chi connectivity index (χ1) is 12.6. The topological polar surface area (TPSA) is 55.4 Å². The zero-order valence-electron chi connectivity index (χ0n) is 14.0. The van der Waals surface area contributed by atoms with E-state index in [0.717, 1.165) is 10.0 Å². The molecule has 0 aliphatic carbocycles. The molecule has 0 saturated carbocycles. The summed E-state index contributed by atoms with van der Waals surface area (Å²) >= 11 is 3.32. The lowest BCUT2D eigenvalue weighted by Crippen LogP contribution is -2.28. The van der Waals surface area contributed by atoms with Gasteiger partial charge in [0.05, 0.1) is 0 Å². The molecule has 2 rings (SSSR count). The van der Waals surface area contributed by atoms with E-state index in [9.17, 15) is 9.59 Å². The van der Waals surface area contributed by atoms with E-state index in [4.69, 9.17) is 4.74 Å². The summed E-state index contributed by atoms with van der Waals surface area (Å²) < 4.78 is 5.81. The van der Waals surface area contributed by atoms with E-state index in [2.05, 4.69) is 27.8 Å². The number of nitrogens with one attached hydrogen (secondary N) is 1. The normalized spacial score (nSPS) is 11.2. The molecule has 1 N–H and O–H groups in total. The number of carbonyl (C=O) groups excluding carboxylic acids is 2. The van der Waals surface area contributed by atoms with Gasteiger partial charge in [-0.25, -0.2) is 4.79 Å². The van der Waals surface area contributed by atoms with E-state index in [-0.39, 0.29) is 12.3 Å². The third kappa shape index (κ3) is 6.18. The van der Waals surface area contributed by atoms with Crippen LogP contribution in [-0.2, 0) is 9.53 Å². The number of rotatable bonds is 7. The Bertz CT molecular complexity index is 841. The number of hydrogen-bond donors (Lipinski definition) is 1. The second-order valence-electron chi connectivity index (χ2n) is 5.20. The van der Waals surface area contributed by atoms with Crippen LogP contribution in [0.1, 0.15) is 15.9 Å². The van der Waals surface area contributed by atoms with Gasteiger partial charge in [0.15, 0.2) is 0 Å². The van der Waals surface area contributed by atoms with Gasteiger partial charge >= 0.3 is 5.97 Å². The number of allylic oxidation sites excluding steroid dienone is 2. The summed E-state index contributed by atoms with van der Waals surface area (Å²) in [6, 6.07) is 16.5. The van der Waals surface area contributed by atoms with Crippen molar-refractivity contribution in [1.29, 1.82) is 0 Å². The van der Waals surface area contributed by atoms with E-state index in [1.54, 1.807) is 24.3 Å². The SMILES string of the molecule is C=CCOC(=O)/C(=C/C=C\c1ccccc1)NC(=O)c1cccc(Br)c1. The van der Waals surface area contributed by atoms with Crippen molar-refractivity contribution in [1.82, 2.24) is 5.32 Å². The first kappa shape index (κ1) is 19.4. The Morgan fingerprint density at radius 3 is 2.58 bits per heavy atom. The van der Waals surface area contributed by atoms with Gasteiger partial charge in [-0.1, -0.05) is 77.1 Å². The van der Waals surface area contributed by atoms with Crippen molar-refractivity contribution in [2.75, 3.05) is 6.61 Å². The molecular formula is C21H18BrNO3. The van der Waals surface area contributed by atoms with Gasteiger partial charge in [-0.2, -0.15) is 0 Å². The molecule has 0 aliphatic heterocycles. The van der Waals surface area contributed by atoms with Gasteiger partial charge < -0.3 is 10.1 Å². The summed E-state index contributed by atoms with van der Waals surface area (Å²) in [5.41, 5.74) is 1.44. The van der Waals surface area contributed by atoms with E-state index >= 15 is 0 Å². The van der Waals surface area contributed by atoms with Crippen LogP contribution in [-0.4, -0.2) is 18.5 Å². The first-order valence-corrected chi connectivity index (χ1v) is 8.68. The van der Waals surface area contributed by atoms with Crippen molar-refractivity contribution in [3.8, 4) is 0 Å². The summed E-state index contributed by atoms with van der Waals surface area (Å²) in [7, 11) is 0. The number of esters is 1. The van der Waals surface area contributed by atoms with Gasteiger partial charge in [0.25, 0.3) is 5.91 Å². The first-order valence-electron chi connectivity index (χ1n) is 7.88. The van der Waals surface area contributed by atoms with Crippen molar-refractivity contribution >= 4 is 33.9 Å². The van der Waals surface area contributed by atoms with Gasteiger partial charge in [0.1, 0.15) is 12.3 Å². The molecule has 4 nitrogen and oxygen atoms in total. The maximum atomic E-state index is 12.4. The third-order valence-electron chi connectivity index (χ3n) is 3.24. The predicted octanol–water partition coefficient (Wildman–Crippen LogP) is 4.51. The number of carbonyl (C=O) groups is 2. The van der Waals surface area contributed by atoms with Gasteiger partial charge in [0, 0.05) is 10.0 Å². The van der Waals surface area contributed by atoms with E-state index in [0.29, 0.717) is 5.56 Å². The zero-order valence-corrected chi connectivity index (χ0v) is 15.6. The Kier molecular flexibility index (Phi) is 7.58. The fraction of sp³-hybridized carbons (Fsp3) is 0.0476. The summed E-state index contributed by atoms with van der Waals surface area (Å²) in [6.07, 6.45) is 6.48. The monoisotopic (exact) mass is 411 g/mol. The number of ether oxygens (including phenoxy) is 1. The van der Waals surface area contributed by atoms with Crippen LogP contribution in [0.4, 0.5) is 0 Å². The molecule has 26 heavy (non-hydrogen) atoms. The van der Waals surface area contributed by atoms with Gasteiger partial charge in [-0.05, 0) is 29.8 Å². The average Bonchev–Trinajstić information content (AvgIpc) is 2.66. The van der Waals surface area contributed by atoms with Crippen LogP contribution in [0.2, 0.25) is 0 Å². The minimum absolute atomic E-state index is 0.0454. The molecule has 132 valence electrons. The third-order valence-corrected chi connectivity index (χ3v) is 3.73. The van der Waals surface area contributed by atoms with Crippen LogP contribution in [0.5, 0.6) is 0 Å². The Balaban J connectivity index is 2.18. The molecular weight excluding hydrogens is 394 g/mol. The summed E-state index contributed by atoms with van der Waals surface area (Å²) in [5.74, 6) is -1.04. The predicted molar refractivity (Wildman–Crippen MR) is 106 cm³/mol. The molecule has 0 atom stereocenters. The van der Waals surface area contributed by atoms with Crippen molar-refractivity contribution in [3.05, 3.63) is 101 Å². The molecule has 0 aliphatic rings. The highest BCUT2D eigenvalue weighted by Crippen LogP contribution is 2.12. The van der Waals surface area contributed by atoms with Crippen molar-refractivity contribution in [2.24, 2.45) is 0 Å². The fourth-order valence-corrected chi connectivity index (χ4v) is 2.42. The van der Waals surface area contributed by atoms with Crippen molar-refractivity contribution in [3.63, 3.8) is 0 Å². The highest BCUT2D eigenvalue weighted by atomic mass is 79.9. The largest absolute Gasteiger partial charge is 0.457 e. The Morgan fingerprint density at radius 2 is 1.88 bits per heavy atom. The lowest BCUT2D eigenvalue weighted by atomic mass is 10.2. The maximum absolute atomic E-state index is 12.4. The van der Waals surface area contributed by atoms with E-state index in [1.807, 2.05) is 42.5 Å². The van der Waals surface area contributed by atoms with Crippen LogP contribution in [0.15, 0.2) is 89.6 Å². The zero-order chi connectivity index (χ0) is 18.8. The summed E-state index contributed by atoms with van der Waals surface area (Å²) in [4.78, 5) is 24.6. The minimum Gasteiger partial charge on any atom is -0.457 e. The van der Waals surface area contributed by atoms with Crippen molar-refractivity contribution in [2.45, 2.75) is 0 Å². The highest BCUT2D eigenvalue weighted by molar-refractivity contribution is 9.10. The minimum atomic E-state index is -0.633. The molecule has 5 heteroatoms. The van der Waals surface area contributed by atoms with E-state index in [1.165, 1.54) is 12.2 Å². The summed E-state index contributed by atoms with van der Waals surface area (Å²) in [5, 5.41) is 2.60. The average molecular weight is 412 g/mol. The quantitative estimate of drug-likeness (QED) is 0.315. The van der Waals surface area contributed by atoms with Gasteiger partial charge in [0.2, 0.25) is 0 Å². The maximum Gasteiger partial charge on any atom is 0.355 e. The molecule has 0 heterocycles. The standard InChI is InChI=1S/C21H18BrNO3/c1-2-14-26-21(25)19(13-6-10-16-8-4-3-5-9-16)23-20(24)17-11-7-12-18(22)15-17/h2-13,15H,1,14H2,(H,23,24)/b10-6-,19-13-. The van der Waals surface area contributed by atoms with E-state index < -0.39 is 11.9 Å². The number of amides is 1. The molecule has 0 unspecified atom stereocenters. The second-order valence-corrected chi connectivity index (χ2v) is 6.12. The van der Waals surface area contributed by atoms with Gasteiger partial charge in [-0.15, -0.1) is 0 Å². The smallest absolute Gasteiger partial charge is 0.355 e. The lowest BCUT2D eigenvalue weighted by molar-refractivity contribution is -0.138. The molecule has 0 spiro atoms. The molecule has 0 saturated heterocycles. The van der Waals surface area contributed by atoms with Crippen LogP contribution in [0, 0.1) is 0 Å². The Morgan fingerprint density at radius 1 is 1.12 bits per heavy atom. The Hall–Kier alpha value is -2.92. The molecule has 2 aromatic carbocycles. The number of hydrogen-bond acceptors (Lipinski definition) is 3. The van der Waals surface area contributed by atoms with Crippen LogP contribution in [0.3, 0.4) is 0 Å². The molecule has 0 fully saturated rings. The molecule has 0 aromatic heterocycles. The van der Waals surface area contributed by atoms with Crippen LogP contribution in [0.25, 0.3) is 6.08 Å².